The maximum Gasteiger partial charge on any atom is 0.417 e. The van der Waals surface area contributed by atoms with Gasteiger partial charge in [-0.1, -0.05) is 45.0 Å². The van der Waals surface area contributed by atoms with Gasteiger partial charge in [0.2, 0.25) is 0 Å². The lowest BCUT2D eigenvalue weighted by atomic mass is 9.51. The summed E-state index contributed by atoms with van der Waals surface area (Å²) >= 11 is 0. The molecule has 0 saturated carbocycles. The standard InChI is InChI=1S/C24H31F3N2O2/c1-21(2)19-12-15-6-4-5-7-18(15)22(21,3)10-11-28(19)20(30)29-16-8-9-17(29)14-23(31,13-16)24(25,26)27/h4-7,16-17,19,31H,8-14H2,1-3H3/t16-,17+,19-,22?,23?/m1/s1. The Morgan fingerprint density at radius 2 is 1.71 bits per heavy atom. The first-order chi connectivity index (χ1) is 14.4. The van der Waals surface area contributed by atoms with E-state index in [1.54, 1.807) is 4.90 Å². The summed E-state index contributed by atoms with van der Waals surface area (Å²) < 4.78 is 40.4. The number of carbonyl (C=O) groups is 1. The Hall–Kier alpha value is -1.76. The van der Waals surface area contributed by atoms with E-state index in [1.807, 2.05) is 11.0 Å². The molecule has 5 atom stereocenters. The van der Waals surface area contributed by atoms with Gasteiger partial charge in [0.25, 0.3) is 0 Å². The fourth-order valence-electron chi connectivity index (χ4n) is 7.02. The molecular weight excluding hydrogens is 405 g/mol. The number of fused-ring (bicyclic) bond motifs is 6. The summed E-state index contributed by atoms with van der Waals surface area (Å²) in [4.78, 5) is 17.4. The van der Waals surface area contributed by atoms with Crippen molar-refractivity contribution < 1.29 is 23.1 Å². The number of rotatable bonds is 0. The Morgan fingerprint density at radius 1 is 1.10 bits per heavy atom. The lowest BCUT2D eigenvalue weighted by Gasteiger charge is -2.61. The van der Waals surface area contributed by atoms with Crippen molar-refractivity contribution >= 4 is 6.03 Å². The molecule has 1 aromatic rings. The molecule has 1 aliphatic carbocycles. The number of benzene rings is 1. The van der Waals surface area contributed by atoms with Crippen LogP contribution in [0, 0.1) is 5.41 Å². The van der Waals surface area contributed by atoms with Crippen LogP contribution < -0.4 is 0 Å². The van der Waals surface area contributed by atoms with E-state index in [0.717, 1.165) is 12.8 Å². The van der Waals surface area contributed by atoms with Crippen LogP contribution in [0.15, 0.2) is 24.3 Å². The van der Waals surface area contributed by atoms with E-state index >= 15 is 0 Å². The van der Waals surface area contributed by atoms with Crippen molar-refractivity contribution in [3.63, 3.8) is 0 Å². The molecule has 4 nitrogen and oxygen atoms in total. The molecule has 4 aliphatic rings. The van der Waals surface area contributed by atoms with Gasteiger partial charge in [0.05, 0.1) is 0 Å². The third-order valence-corrected chi connectivity index (χ3v) is 9.27. The molecule has 5 rings (SSSR count). The number of likely N-dealkylation sites (tertiary alicyclic amines) is 1. The summed E-state index contributed by atoms with van der Waals surface area (Å²) in [6.45, 7) is 7.34. The minimum absolute atomic E-state index is 0.00326. The number of urea groups is 1. The van der Waals surface area contributed by atoms with E-state index in [1.165, 1.54) is 11.1 Å². The van der Waals surface area contributed by atoms with Crippen LogP contribution in [-0.2, 0) is 11.8 Å². The van der Waals surface area contributed by atoms with Crippen LogP contribution in [0.3, 0.4) is 0 Å². The Balaban J connectivity index is 1.45. The highest BCUT2D eigenvalue weighted by atomic mass is 19.4. The van der Waals surface area contributed by atoms with Crippen LogP contribution in [0.5, 0.6) is 0 Å². The molecule has 3 saturated heterocycles. The van der Waals surface area contributed by atoms with Crippen LogP contribution >= 0.6 is 0 Å². The number of carbonyl (C=O) groups excluding carboxylic acids is 1. The largest absolute Gasteiger partial charge is 0.417 e. The van der Waals surface area contributed by atoms with Gasteiger partial charge in [-0.3, -0.25) is 0 Å². The van der Waals surface area contributed by atoms with Gasteiger partial charge in [-0.25, -0.2) is 4.79 Å². The molecule has 2 amide bonds. The fourth-order valence-corrected chi connectivity index (χ4v) is 7.02. The summed E-state index contributed by atoms with van der Waals surface area (Å²) in [5, 5.41) is 10.3. The zero-order chi connectivity index (χ0) is 22.4. The Labute approximate surface area is 181 Å². The summed E-state index contributed by atoms with van der Waals surface area (Å²) in [5.74, 6) is 0. The maximum absolute atomic E-state index is 13.8. The number of aliphatic hydroxyl groups is 1. The summed E-state index contributed by atoms with van der Waals surface area (Å²) in [6.07, 6.45) is -2.85. The van der Waals surface area contributed by atoms with Crippen molar-refractivity contribution in [1.29, 1.82) is 0 Å². The summed E-state index contributed by atoms with van der Waals surface area (Å²) in [6, 6.07) is 7.20. The summed E-state index contributed by atoms with van der Waals surface area (Å²) in [7, 11) is 0. The van der Waals surface area contributed by atoms with E-state index in [4.69, 9.17) is 0 Å². The molecule has 1 N–H and O–H groups in total. The van der Waals surface area contributed by atoms with E-state index in [0.29, 0.717) is 19.4 Å². The van der Waals surface area contributed by atoms with Gasteiger partial charge in [0, 0.05) is 42.9 Å². The molecular formula is C24H31F3N2O2. The van der Waals surface area contributed by atoms with Crippen molar-refractivity contribution in [2.75, 3.05) is 6.54 Å². The molecule has 2 unspecified atom stereocenters. The van der Waals surface area contributed by atoms with Gasteiger partial charge in [-0.15, -0.1) is 0 Å². The van der Waals surface area contributed by atoms with E-state index in [-0.39, 0.29) is 22.9 Å². The second kappa shape index (κ2) is 6.40. The fraction of sp³-hybridized carbons (Fsp3) is 0.708. The first-order valence-corrected chi connectivity index (χ1v) is 11.4. The average Bonchev–Trinajstić information content (AvgIpc) is 2.95. The SMILES string of the molecule is CC12CCN(C(=O)N3[C@@H]4CC[C@H]3CC(O)(C(F)(F)F)C4)[C@H](Cc3ccccc31)C2(C)C. The van der Waals surface area contributed by atoms with Crippen molar-refractivity contribution in [3.05, 3.63) is 35.4 Å². The predicted molar refractivity (Wildman–Crippen MR) is 111 cm³/mol. The highest BCUT2D eigenvalue weighted by molar-refractivity contribution is 5.77. The Morgan fingerprint density at radius 3 is 2.32 bits per heavy atom. The first-order valence-electron chi connectivity index (χ1n) is 11.4. The van der Waals surface area contributed by atoms with Gasteiger partial charge in [0.1, 0.15) is 0 Å². The first kappa shape index (κ1) is 21.1. The minimum Gasteiger partial charge on any atom is -0.380 e. The van der Waals surface area contributed by atoms with Crippen LogP contribution in [0.2, 0.25) is 0 Å². The van der Waals surface area contributed by atoms with Gasteiger partial charge >= 0.3 is 12.2 Å². The number of amides is 2. The molecule has 0 radical (unpaired) electrons. The zero-order valence-corrected chi connectivity index (χ0v) is 18.4. The van der Waals surface area contributed by atoms with Crippen LogP contribution in [-0.4, -0.2) is 57.4 Å². The number of piperidine rings is 2. The topological polar surface area (TPSA) is 43.8 Å². The molecule has 7 heteroatoms. The highest BCUT2D eigenvalue weighted by Gasteiger charge is 2.63. The molecule has 0 aromatic heterocycles. The summed E-state index contributed by atoms with van der Waals surface area (Å²) in [5.41, 5.74) is -0.270. The van der Waals surface area contributed by atoms with Gasteiger partial charge in [-0.05, 0) is 42.2 Å². The lowest BCUT2D eigenvalue weighted by molar-refractivity contribution is -0.277. The molecule has 4 bridgehead atoms. The smallest absolute Gasteiger partial charge is 0.380 e. The third kappa shape index (κ3) is 2.74. The molecule has 170 valence electrons. The zero-order valence-electron chi connectivity index (χ0n) is 18.4. The van der Waals surface area contributed by atoms with Gasteiger partial charge < -0.3 is 14.9 Å². The van der Waals surface area contributed by atoms with E-state index in [2.05, 4.69) is 39.0 Å². The minimum atomic E-state index is -4.66. The highest BCUT2D eigenvalue weighted by Crippen LogP contribution is 2.56. The van der Waals surface area contributed by atoms with Gasteiger partial charge in [0.15, 0.2) is 5.60 Å². The van der Waals surface area contributed by atoms with Gasteiger partial charge in [-0.2, -0.15) is 13.2 Å². The number of halogens is 3. The van der Waals surface area contributed by atoms with Crippen molar-refractivity contribution in [2.45, 2.75) is 94.6 Å². The van der Waals surface area contributed by atoms with Crippen LogP contribution in [0.25, 0.3) is 0 Å². The Kier molecular flexibility index (Phi) is 4.35. The second-order valence-corrected chi connectivity index (χ2v) is 10.9. The molecule has 3 aliphatic heterocycles. The normalized spacial score (nSPS) is 38.7. The van der Waals surface area contributed by atoms with Crippen molar-refractivity contribution in [1.82, 2.24) is 9.80 Å². The molecule has 3 fully saturated rings. The lowest BCUT2D eigenvalue weighted by Crippen LogP contribution is -2.68. The van der Waals surface area contributed by atoms with Crippen LogP contribution in [0.1, 0.15) is 64.0 Å². The third-order valence-electron chi connectivity index (χ3n) is 9.27. The molecule has 0 spiro atoms. The number of alkyl halides is 3. The molecule has 3 heterocycles. The average molecular weight is 437 g/mol. The van der Waals surface area contributed by atoms with Crippen molar-refractivity contribution in [2.24, 2.45) is 5.41 Å². The molecule has 31 heavy (non-hydrogen) atoms. The Bertz CT molecular complexity index is 900. The number of hydrogen-bond donors (Lipinski definition) is 1. The van der Waals surface area contributed by atoms with E-state index in [9.17, 15) is 23.1 Å². The monoisotopic (exact) mass is 436 g/mol. The maximum atomic E-state index is 13.8. The number of hydrogen-bond acceptors (Lipinski definition) is 2. The predicted octanol–water partition coefficient (Wildman–Crippen LogP) is 4.64. The van der Waals surface area contributed by atoms with E-state index < -0.39 is 36.7 Å². The second-order valence-electron chi connectivity index (χ2n) is 10.9. The number of nitrogens with zero attached hydrogens (tertiary/aromatic N) is 2. The quantitative estimate of drug-likeness (QED) is 0.644. The molecule has 1 aromatic carbocycles. The van der Waals surface area contributed by atoms with Crippen LogP contribution in [0.4, 0.5) is 18.0 Å². The van der Waals surface area contributed by atoms with Crippen molar-refractivity contribution in [3.8, 4) is 0 Å².